The minimum absolute atomic E-state index is 0.308. The maximum atomic E-state index is 6.06. The quantitative estimate of drug-likeness (QED) is 0.941. The Morgan fingerprint density at radius 3 is 2.26 bits per heavy atom. The lowest BCUT2D eigenvalue weighted by molar-refractivity contribution is 0.0699. The fraction of sp³-hybridized carbons (Fsp3) is 0.400. The van der Waals surface area contributed by atoms with Crippen LogP contribution in [0.5, 0.6) is 0 Å². The zero-order valence-corrected chi connectivity index (χ0v) is 14.3. The van der Waals surface area contributed by atoms with Crippen molar-refractivity contribution < 1.29 is 0 Å². The molecule has 0 saturated carbocycles. The molecule has 3 heteroatoms. The summed E-state index contributed by atoms with van der Waals surface area (Å²) in [5.74, 6) is 0. The van der Waals surface area contributed by atoms with Crippen molar-refractivity contribution in [3.8, 4) is 0 Å². The van der Waals surface area contributed by atoms with Gasteiger partial charge in [0.25, 0.3) is 0 Å². The molecule has 3 unspecified atom stereocenters. The minimum atomic E-state index is 0.308. The molecule has 3 nitrogen and oxygen atoms in total. The monoisotopic (exact) mass is 309 g/mol. The first-order valence-corrected chi connectivity index (χ1v) is 8.38. The molecule has 0 bridgehead atoms. The van der Waals surface area contributed by atoms with Gasteiger partial charge in [0.2, 0.25) is 0 Å². The van der Waals surface area contributed by atoms with Gasteiger partial charge in [-0.1, -0.05) is 54.6 Å². The lowest BCUT2D eigenvalue weighted by Gasteiger charge is -2.47. The molecule has 3 rings (SSSR count). The van der Waals surface area contributed by atoms with Crippen LogP contribution >= 0.6 is 0 Å². The van der Waals surface area contributed by atoms with E-state index >= 15 is 0 Å². The Balaban J connectivity index is 1.94. The summed E-state index contributed by atoms with van der Waals surface area (Å²) in [5, 5.41) is 0. The number of hydrogen-bond donors (Lipinski definition) is 1. The first kappa shape index (κ1) is 16.2. The molecule has 0 radical (unpaired) electrons. The number of nitrogens with zero attached hydrogens (tertiary/aromatic N) is 2. The minimum Gasteiger partial charge on any atom is -0.329 e. The summed E-state index contributed by atoms with van der Waals surface area (Å²) in [6.45, 7) is 3.92. The highest BCUT2D eigenvalue weighted by Gasteiger charge is 2.37. The Morgan fingerprint density at radius 2 is 1.61 bits per heavy atom. The highest BCUT2D eigenvalue weighted by molar-refractivity contribution is 5.37. The van der Waals surface area contributed by atoms with Gasteiger partial charge in [0.15, 0.2) is 0 Å². The molecule has 0 amide bonds. The van der Waals surface area contributed by atoms with Crippen LogP contribution in [0.3, 0.4) is 0 Å². The molecule has 3 atom stereocenters. The van der Waals surface area contributed by atoms with E-state index in [1.807, 2.05) is 0 Å². The SMILES string of the molecule is CC1C(N(C)Cc2ccccc2)c2ccccc2C(CN)N1C. The van der Waals surface area contributed by atoms with Gasteiger partial charge in [0.1, 0.15) is 0 Å². The van der Waals surface area contributed by atoms with Gasteiger partial charge in [-0.25, -0.2) is 0 Å². The summed E-state index contributed by atoms with van der Waals surface area (Å²) in [7, 11) is 4.42. The van der Waals surface area contributed by atoms with Crippen LogP contribution in [-0.4, -0.2) is 36.5 Å². The number of benzene rings is 2. The number of nitrogens with two attached hydrogens (primary N) is 1. The van der Waals surface area contributed by atoms with Crippen molar-refractivity contribution >= 4 is 0 Å². The standard InChI is InChI=1S/C20H27N3/c1-15-20(22(2)14-16-9-5-4-6-10-16)18-12-8-7-11-17(18)19(13-21)23(15)3/h4-12,15,19-20H,13-14,21H2,1-3H3. The molecule has 23 heavy (non-hydrogen) atoms. The number of hydrogen-bond acceptors (Lipinski definition) is 3. The number of fused-ring (bicyclic) bond motifs is 1. The Hall–Kier alpha value is -1.68. The van der Waals surface area contributed by atoms with E-state index in [0.29, 0.717) is 24.7 Å². The van der Waals surface area contributed by atoms with Crippen molar-refractivity contribution in [3.63, 3.8) is 0 Å². The molecule has 1 aliphatic rings. The normalized spacial score (nSPS) is 24.7. The molecule has 0 fully saturated rings. The van der Waals surface area contributed by atoms with Gasteiger partial charge in [0.05, 0.1) is 6.04 Å². The van der Waals surface area contributed by atoms with Crippen LogP contribution in [0.25, 0.3) is 0 Å². The second kappa shape index (κ2) is 6.83. The van der Waals surface area contributed by atoms with Crippen molar-refractivity contribution in [2.24, 2.45) is 5.73 Å². The summed E-state index contributed by atoms with van der Waals surface area (Å²) >= 11 is 0. The van der Waals surface area contributed by atoms with Crippen LogP contribution < -0.4 is 5.73 Å². The second-order valence-corrected chi connectivity index (χ2v) is 6.63. The van der Waals surface area contributed by atoms with E-state index in [2.05, 4.69) is 85.4 Å². The van der Waals surface area contributed by atoms with Gasteiger partial charge >= 0.3 is 0 Å². The summed E-state index contributed by atoms with van der Waals surface area (Å²) in [4.78, 5) is 4.89. The van der Waals surface area contributed by atoms with Crippen molar-refractivity contribution in [2.75, 3.05) is 20.6 Å². The van der Waals surface area contributed by atoms with Crippen LogP contribution in [-0.2, 0) is 6.54 Å². The fourth-order valence-electron chi connectivity index (χ4n) is 3.94. The van der Waals surface area contributed by atoms with Gasteiger partial charge in [-0.3, -0.25) is 9.80 Å². The average molecular weight is 309 g/mol. The van der Waals surface area contributed by atoms with E-state index in [-0.39, 0.29) is 0 Å². The van der Waals surface area contributed by atoms with E-state index in [0.717, 1.165) is 6.54 Å². The van der Waals surface area contributed by atoms with Crippen LogP contribution in [0.1, 0.15) is 35.7 Å². The highest BCUT2D eigenvalue weighted by atomic mass is 15.3. The maximum Gasteiger partial charge on any atom is 0.0504 e. The van der Waals surface area contributed by atoms with E-state index in [9.17, 15) is 0 Å². The third-order valence-corrected chi connectivity index (χ3v) is 5.24. The molecule has 1 aliphatic heterocycles. The Labute approximate surface area is 139 Å². The lowest BCUT2D eigenvalue weighted by Crippen LogP contribution is -2.49. The largest absolute Gasteiger partial charge is 0.329 e. The summed E-state index contributed by atoms with van der Waals surface area (Å²) in [5.41, 5.74) is 10.2. The van der Waals surface area contributed by atoms with Crippen molar-refractivity contribution in [3.05, 3.63) is 71.3 Å². The average Bonchev–Trinajstić information content (AvgIpc) is 2.57. The van der Waals surface area contributed by atoms with E-state index in [4.69, 9.17) is 5.73 Å². The summed E-state index contributed by atoms with van der Waals surface area (Å²) < 4.78 is 0. The zero-order valence-electron chi connectivity index (χ0n) is 14.3. The number of rotatable bonds is 4. The third-order valence-electron chi connectivity index (χ3n) is 5.24. The van der Waals surface area contributed by atoms with Gasteiger partial charge in [-0.05, 0) is 37.7 Å². The predicted molar refractivity (Wildman–Crippen MR) is 96.1 cm³/mol. The molecule has 0 aromatic heterocycles. The van der Waals surface area contributed by atoms with Crippen LogP contribution in [0.15, 0.2) is 54.6 Å². The zero-order chi connectivity index (χ0) is 16.4. The molecular weight excluding hydrogens is 282 g/mol. The van der Waals surface area contributed by atoms with Crippen molar-refractivity contribution in [1.82, 2.24) is 9.80 Å². The lowest BCUT2D eigenvalue weighted by atomic mass is 9.84. The molecule has 2 aromatic rings. The molecule has 122 valence electrons. The fourth-order valence-corrected chi connectivity index (χ4v) is 3.94. The van der Waals surface area contributed by atoms with E-state index < -0.39 is 0 Å². The Morgan fingerprint density at radius 1 is 1.00 bits per heavy atom. The van der Waals surface area contributed by atoms with Gasteiger partial charge < -0.3 is 5.73 Å². The molecule has 0 spiro atoms. The topological polar surface area (TPSA) is 32.5 Å². The summed E-state index contributed by atoms with van der Waals surface area (Å²) in [6.07, 6.45) is 0. The van der Waals surface area contributed by atoms with Gasteiger partial charge in [0, 0.05) is 25.2 Å². The number of likely N-dealkylation sites (N-methyl/N-ethyl adjacent to an activating group) is 2. The van der Waals surface area contributed by atoms with Gasteiger partial charge in [-0.15, -0.1) is 0 Å². The first-order valence-electron chi connectivity index (χ1n) is 8.38. The molecule has 2 aromatic carbocycles. The summed E-state index contributed by atoms with van der Waals surface area (Å²) in [6, 6.07) is 20.6. The Kier molecular flexibility index (Phi) is 4.81. The van der Waals surface area contributed by atoms with Crippen LogP contribution in [0, 0.1) is 0 Å². The predicted octanol–water partition coefficient (Wildman–Crippen LogP) is 3.19. The maximum absolute atomic E-state index is 6.06. The molecule has 0 aliphatic carbocycles. The molecule has 2 N–H and O–H groups in total. The van der Waals surface area contributed by atoms with Crippen LogP contribution in [0.2, 0.25) is 0 Å². The van der Waals surface area contributed by atoms with E-state index in [1.165, 1.54) is 16.7 Å². The van der Waals surface area contributed by atoms with Crippen molar-refractivity contribution in [2.45, 2.75) is 31.6 Å². The highest BCUT2D eigenvalue weighted by Crippen LogP contribution is 2.40. The molecular formula is C20H27N3. The molecule has 0 saturated heterocycles. The van der Waals surface area contributed by atoms with Gasteiger partial charge in [-0.2, -0.15) is 0 Å². The molecule has 1 heterocycles. The first-order chi connectivity index (χ1) is 11.1. The smallest absolute Gasteiger partial charge is 0.0504 e. The van der Waals surface area contributed by atoms with Crippen molar-refractivity contribution in [1.29, 1.82) is 0 Å². The third kappa shape index (κ3) is 3.05. The van der Waals surface area contributed by atoms with E-state index in [1.54, 1.807) is 0 Å². The Bertz CT molecular complexity index is 640. The second-order valence-electron chi connectivity index (χ2n) is 6.63. The van der Waals surface area contributed by atoms with Crippen LogP contribution in [0.4, 0.5) is 0 Å².